The molecule has 4 rings (SSSR count). The van der Waals surface area contributed by atoms with Gasteiger partial charge >= 0.3 is 0 Å². The van der Waals surface area contributed by atoms with E-state index in [4.69, 9.17) is 0 Å². The molecule has 136 valence electrons. The van der Waals surface area contributed by atoms with Gasteiger partial charge in [0.1, 0.15) is 5.65 Å². The second kappa shape index (κ2) is 7.21. The summed E-state index contributed by atoms with van der Waals surface area (Å²) in [6.45, 7) is 3.45. The van der Waals surface area contributed by atoms with Gasteiger partial charge < -0.3 is 14.4 Å². The number of likely N-dealkylation sites (tertiary alicyclic amines) is 1. The molecular formula is C20H23N3O2S. The number of piperidine rings is 1. The lowest BCUT2D eigenvalue weighted by molar-refractivity contribution is -0.132. The van der Waals surface area contributed by atoms with Crippen LogP contribution in [-0.2, 0) is 11.2 Å². The van der Waals surface area contributed by atoms with Crippen LogP contribution in [0.5, 0.6) is 0 Å². The molecule has 1 N–H and O–H groups in total. The molecular weight excluding hydrogens is 346 g/mol. The topological polar surface area (TPSA) is 57.8 Å². The van der Waals surface area contributed by atoms with Crippen molar-refractivity contribution in [1.29, 1.82) is 0 Å². The van der Waals surface area contributed by atoms with Crippen LogP contribution in [0.4, 0.5) is 0 Å². The molecule has 26 heavy (non-hydrogen) atoms. The van der Waals surface area contributed by atoms with Gasteiger partial charge in [0.25, 0.3) is 0 Å². The molecule has 1 aliphatic heterocycles. The zero-order valence-electron chi connectivity index (χ0n) is 14.8. The lowest BCUT2D eigenvalue weighted by atomic mass is 9.90. The normalized spacial score (nSPS) is 16.9. The second-order valence-corrected chi connectivity index (χ2v) is 7.97. The Kier molecular flexibility index (Phi) is 4.78. The van der Waals surface area contributed by atoms with Crippen molar-refractivity contribution in [2.24, 2.45) is 5.92 Å². The highest BCUT2D eigenvalue weighted by molar-refractivity contribution is 7.10. The zero-order chi connectivity index (χ0) is 18.1. The maximum absolute atomic E-state index is 12.7. The van der Waals surface area contributed by atoms with E-state index in [-0.39, 0.29) is 11.8 Å². The molecule has 0 aliphatic carbocycles. The molecule has 0 saturated carbocycles. The van der Waals surface area contributed by atoms with Crippen LogP contribution in [0.25, 0.3) is 5.65 Å². The summed E-state index contributed by atoms with van der Waals surface area (Å²) >= 11 is 1.60. The van der Waals surface area contributed by atoms with Crippen molar-refractivity contribution in [3.63, 3.8) is 0 Å². The number of hydrogen-bond donors (Lipinski definition) is 1. The Balaban J connectivity index is 1.38. The summed E-state index contributed by atoms with van der Waals surface area (Å²) < 4.78 is 2.00. The number of aliphatic hydroxyl groups is 1. The molecule has 1 unspecified atom stereocenters. The third kappa shape index (κ3) is 3.27. The van der Waals surface area contributed by atoms with Crippen molar-refractivity contribution in [3.8, 4) is 0 Å². The Bertz CT molecular complexity index is 895. The van der Waals surface area contributed by atoms with Gasteiger partial charge in [-0.1, -0.05) is 12.1 Å². The van der Waals surface area contributed by atoms with Crippen LogP contribution in [0.15, 0.2) is 42.0 Å². The first-order valence-corrected chi connectivity index (χ1v) is 9.92. The molecule has 4 heterocycles. The summed E-state index contributed by atoms with van der Waals surface area (Å²) in [5, 5.41) is 12.5. The predicted molar refractivity (Wildman–Crippen MR) is 102 cm³/mol. The van der Waals surface area contributed by atoms with E-state index in [0.717, 1.165) is 34.6 Å². The maximum Gasteiger partial charge on any atom is 0.228 e. The number of fused-ring (bicyclic) bond motifs is 1. The Morgan fingerprint density at radius 1 is 1.35 bits per heavy atom. The van der Waals surface area contributed by atoms with E-state index < -0.39 is 6.10 Å². The SMILES string of the molecule is Cc1cccn2c(CC(=O)N3CCC(C(O)c4cccs4)CC3)cnc12. The standard InChI is InChI=1S/C20H23N3O2S/c1-14-4-2-8-23-16(13-21-20(14)23)12-18(24)22-9-6-15(7-10-22)19(25)17-5-3-11-26-17/h2-5,8,11,13,15,19,25H,6-7,9-10,12H2,1H3. The first kappa shape index (κ1) is 17.2. The molecule has 1 atom stereocenters. The van der Waals surface area contributed by atoms with Gasteiger partial charge in [-0.2, -0.15) is 0 Å². The van der Waals surface area contributed by atoms with Gasteiger partial charge in [-0.05, 0) is 48.8 Å². The van der Waals surface area contributed by atoms with Crippen LogP contribution >= 0.6 is 11.3 Å². The van der Waals surface area contributed by atoms with Gasteiger partial charge in [-0.15, -0.1) is 11.3 Å². The van der Waals surface area contributed by atoms with Crippen LogP contribution in [0.2, 0.25) is 0 Å². The lowest BCUT2D eigenvalue weighted by Crippen LogP contribution is -2.40. The smallest absolute Gasteiger partial charge is 0.228 e. The number of thiophene rings is 1. The lowest BCUT2D eigenvalue weighted by Gasteiger charge is -2.34. The number of rotatable bonds is 4. The van der Waals surface area contributed by atoms with Crippen molar-refractivity contribution < 1.29 is 9.90 Å². The summed E-state index contributed by atoms with van der Waals surface area (Å²) in [7, 11) is 0. The molecule has 1 saturated heterocycles. The predicted octanol–water partition coefficient (Wildman–Crippen LogP) is 3.22. The number of hydrogen-bond acceptors (Lipinski definition) is 4. The number of aliphatic hydroxyl groups excluding tert-OH is 1. The highest BCUT2D eigenvalue weighted by Crippen LogP contribution is 2.33. The maximum atomic E-state index is 12.7. The monoisotopic (exact) mass is 369 g/mol. The molecule has 5 nitrogen and oxygen atoms in total. The van der Waals surface area contributed by atoms with E-state index in [2.05, 4.69) is 4.98 Å². The van der Waals surface area contributed by atoms with Gasteiger partial charge in [-0.25, -0.2) is 4.98 Å². The second-order valence-electron chi connectivity index (χ2n) is 6.99. The van der Waals surface area contributed by atoms with Gasteiger partial charge in [0, 0.05) is 30.4 Å². The number of amides is 1. The minimum atomic E-state index is -0.408. The van der Waals surface area contributed by atoms with Crippen LogP contribution in [0.1, 0.15) is 35.1 Å². The Hall–Kier alpha value is -2.18. The third-order valence-electron chi connectivity index (χ3n) is 5.31. The van der Waals surface area contributed by atoms with Gasteiger partial charge in [0.2, 0.25) is 5.91 Å². The first-order chi connectivity index (χ1) is 12.6. The number of imidazole rings is 1. The molecule has 0 bridgehead atoms. The molecule has 1 aliphatic rings. The number of nitrogens with zero attached hydrogens (tertiary/aromatic N) is 3. The molecule has 3 aromatic heterocycles. The van der Waals surface area contributed by atoms with Crippen molar-refractivity contribution in [2.75, 3.05) is 13.1 Å². The summed E-state index contributed by atoms with van der Waals surface area (Å²) in [6.07, 6.45) is 5.40. The van der Waals surface area contributed by atoms with E-state index in [1.54, 1.807) is 17.5 Å². The van der Waals surface area contributed by atoms with Crippen molar-refractivity contribution >= 4 is 22.9 Å². The molecule has 0 radical (unpaired) electrons. The molecule has 1 amide bonds. The van der Waals surface area contributed by atoms with Gasteiger partial charge in [0.15, 0.2) is 0 Å². The van der Waals surface area contributed by atoms with E-state index in [9.17, 15) is 9.90 Å². The highest BCUT2D eigenvalue weighted by Gasteiger charge is 2.29. The third-order valence-corrected chi connectivity index (χ3v) is 6.26. The fraction of sp³-hybridized carbons (Fsp3) is 0.400. The number of aryl methyl sites for hydroxylation is 1. The molecule has 0 spiro atoms. The van der Waals surface area contributed by atoms with E-state index in [1.165, 1.54) is 0 Å². The van der Waals surface area contributed by atoms with Crippen LogP contribution in [-0.4, -0.2) is 38.4 Å². The summed E-state index contributed by atoms with van der Waals surface area (Å²) in [4.78, 5) is 20.1. The number of aromatic nitrogens is 2. The van der Waals surface area contributed by atoms with Crippen molar-refractivity contribution in [1.82, 2.24) is 14.3 Å². The molecule has 0 aromatic carbocycles. The summed E-state index contributed by atoms with van der Waals surface area (Å²) in [5.74, 6) is 0.369. The highest BCUT2D eigenvalue weighted by atomic mass is 32.1. The van der Waals surface area contributed by atoms with E-state index in [1.807, 2.05) is 52.1 Å². The van der Waals surface area contributed by atoms with Crippen LogP contribution in [0, 0.1) is 12.8 Å². The minimum Gasteiger partial charge on any atom is -0.387 e. The fourth-order valence-corrected chi connectivity index (χ4v) is 4.56. The number of carbonyl (C=O) groups is 1. The molecule has 1 fully saturated rings. The molecule has 3 aromatic rings. The average molecular weight is 369 g/mol. The van der Waals surface area contributed by atoms with E-state index >= 15 is 0 Å². The van der Waals surface area contributed by atoms with Gasteiger partial charge in [-0.3, -0.25) is 4.79 Å². The zero-order valence-corrected chi connectivity index (χ0v) is 15.7. The van der Waals surface area contributed by atoms with Crippen molar-refractivity contribution in [3.05, 3.63) is 58.2 Å². The average Bonchev–Trinajstić information content (AvgIpc) is 3.32. The van der Waals surface area contributed by atoms with Crippen molar-refractivity contribution in [2.45, 2.75) is 32.3 Å². The van der Waals surface area contributed by atoms with Gasteiger partial charge in [0.05, 0.1) is 18.2 Å². The van der Waals surface area contributed by atoms with Crippen LogP contribution in [0.3, 0.4) is 0 Å². The first-order valence-electron chi connectivity index (χ1n) is 9.04. The minimum absolute atomic E-state index is 0.136. The Morgan fingerprint density at radius 3 is 2.88 bits per heavy atom. The quantitative estimate of drug-likeness (QED) is 0.768. The Morgan fingerprint density at radius 2 is 2.15 bits per heavy atom. The number of pyridine rings is 1. The Labute approximate surface area is 156 Å². The summed E-state index contributed by atoms with van der Waals surface area (Å²) in [6, 6.07) is 7.96. The van der Waals surface area contributed by atoms with E-state index in [0.29, 0.717) is 19.5 Å². The fourth-order valence-electron chi connectivity index (χ4n) is 3.76. The largest absolute Gasteiger partial charge is 0.387 e. The van der Waals surface area contributed by atoms with Crippen LogP contribution < -0.4 is 0 Å². The molecule has 6 heteroatoms. The summed E-state index contributed by atoms with van der Waals surface area (Å²) in [5.41, 5.74) is 2.94. The number of carbonyl (C=O) groups excluding carboxylic acids is 1.